The Labute approximate surface area is 159 Å². The quantitative estimate of drug-likeness (QED) is 0.663. The van der Waals surface area contributed by atoms with Crippen molar-refractivity contribution >= 4 is 39.3 Å². The van der Waals surface area contributed by atoms with E-state index in [0.717, 1.165) is 15.9 Å². The van der Waals surface area contributed by atoms with Crippen molar-refractivity contribution < 1.29 is 19.1 Å². The molecule has 2 aromatic heterocycles. The normalized spacial score (nSPS) is 11.9. The SMILES string of the molecule is CCNC(=O)[C@@H](C)NC(=O)Cn1cnc2sc(C(=O)OCC)c(C)c2c1=O. The highest BCUT2D eigenvalue weighted by Gasteiger charge is 2.21. The third kappa shape index (κ3) is 4.51. The van der Waals surface area contributed by atoms with E-state index in [1.165, 1.54) is 6.33 Å². The van der Waals surface area contributed by atoms with Gasteiger partial charge in [0, 0.05) is 6.54 Å². The molecule has 2 amide bonds. The summed E-state index contributed by atoms with van der Waals surface area (Å²) in [5, 5.41) is 5.42. The van der Waals surface area contributed by atoms with Crippen LogP contribution in [0, 0.1) is 6.92 Å². The van der Waals surface area contributed by atoms with E-state index >= 15 is 0 Å². The number of fused-ring (bicyclic) bond motifs is 1. The number of hydrogen-bond acceptors (Lipinski definition) is 7. The molecule has 0 saturated heterocycles. The fourth-order valence-corrected chi connectivity index (χ4v) is 3.53. The van der Waals surface area contributed by atoms with Crippen molar-refractivity contribution in [3.8, 4) is 0 Å². The van der Waals surface area contributed by atoms with Crippen LogP contribution in [0.3, 0.4) is 0 Å². The molecule has 1 atom stereocenters. The molecule has 2 rings (SSSR count). The molecule has 10 heteroatoms. The number of thiophene rings is 1. The van der Waals surface area contributed by atoms with Crippen molar-refractivity contribution in [2.45, 2.75) is 40.3 Å². The van der Waals surface area contributed by atoms with E-state index in [-0.39, 0.29) is 24.4 Å². The molecule has 0 bridgehead atoms. The van der Waals surface area contributed by atoms with Gasteiger partial charge >= 0.3 is 5.97 Å². The number of aryl methyl sites for hydroxylation is 1. The van der Waals surface area contributed by atoms with Crippen LogP contribution in [0.15, 0.2) is 11.1 Å². The summed E-state index contributed by atoms with van der Waals surface area (Å²) in [6.07, 6.45) is 1.26. The Morgan fingerprint density at radius 1 is 1.33 bits per heavy atom. The Balaban J connectivity index is 2.25. The highest BCUT2D eigenvalue weighted by Crippen LogP contribution is 2.27. The summed E-state index contributed by atoms with van der Waals surface area (Å²) in [5.74, 6) is -1.30. The number of ether oxygens (including phenoxy) is 1. The highest BCUT2D eigenvalue weighted by atomic mass is 32.1. The third-order valence-corrected chi connectivity index (χ3v) is 4.99. The molecular weight excluding hydrogens is 372 g/mol. The zero-order chi connectivity index (χ0) is 20.1. The fraction of sp³-hybridized carbons (Fsp3) is 0.471. The first-order valence-electron chi connectivity index (χ1n) is 8.52. The van der Waals surface area contributed by atoms with E-state index < -0.39 is 23.5 Å². The summed E-state index contributed by atoms with van der Waals surface area (Å²) in [6.45, 7) is 7.09. The summed E-state index contributed by atoms with van der Waals surface area (Å²) in [4.78, 5) is 53.5. The predicted molar refractivity (Wildman–Crippen MR) is 101 cm³/mol. The average Bonchev–Trinajstić information content (AvgIpc) is 2.95. The molecule has 0 radical (unpaired) electrons. The first kappa shape index (κ1) is 20.6. The number of hydrogen-bond donors (Lipinski definition) is 2. The number of esters is 1. The van der Waals surface area contributed by atoms with Crippen molar-refractivity contribution in [1.82, 2.24) is 20.2 Å². The van der Waals surface area contributed by atoms with Crippen molar-refractivity contribution in [2.75, 3.05) is 13.2 Å². The second-order valence-corrected chi connectivity index (χ2v) is 6.82. The van der Waals surface area contributed by atoms with Crippen LogP contribution in [0.5, 0.6) is 0 Å². The fourth-order valence-electron chi connectivity index (χ4n) is 2.50. The van der Waals surface area contributed by atoms with Crippen LogP contribution < -0.4 is 16.2 Å². The molecular formula is C17H22N4O5S. The largest absolute Gasteiger partial charge is 0.462 e. The van der Waals surface area contributed by atoms with E-state index in [4.69, 9.17) is 4.74 Å². The van der Waals surface area contributed by atoms with Crippen LogP contribution >= 0.6 is 11.3 Å². The number of amides is 2. The van der Waals surface area contributed by atoms with Crippen LogP contribution in [0.1, 0.15) is 36.0 Å². The van der Waals surface area contributed by atoms with E-state index in [9.17, 15) is 19.2 Å². The first-order valence-corrected chi connectivity index (χ1v) is 9.34. The number of rotatable bonds is 7. The molecule has 2 N–H and O–H groups in total. The molecule has 0 spiro atoms. The van der Waals surface area contributed by atoms with Gasteiger partial charge in [-0.15, -0.1) is 11.3 Å². The summed E-state index contributed by atoms with van der Waals surface area (Å²) < 4.78 is 6.14. The monoisotopic (exact) mass is 394 g/mol. The molecule has 0 saturated carbocycles. The minimum Gasteiger partial charge on any atom is -0.462 e. The Morgan fingerprint density at radius 2 is 2.04 bits per heavy atom. The van der Waals surface area contributed by atoms with E-state index in [1.54, 1.807) is 27.7 Å². The molecule has 0 aromatic carbocycles. The lowest BCUT2D eigenvalue weighted by atomic mass is 10.2. The molecule has 0 unspecified atom stereocenters. The third-order valence-electron chi connectivity index (χ3n) is 3.81. The molecule has 0 aliphatic carbocycles. The zero-order valence-corrected chi connectivity index (χ0v) is 16.4. The molecule has 2 heterocycles. The van der Waals surface area contributed by atoms with Gasteiger partial charge in [0.2, 0.25) is 11.8 Å². The van der Waals surface area contributed by atoms with Crippen molar-refractivity contribution in [2.24, 2.45) is 0 Å². The van der Waals surface area contributed by atoms with E-state index in [2.05, 4.69) is 15.6 Å². The maximum atomic E-state index is 12.7. The van der Waals surface area contributed by atoms with Crippen LogP contribution in [0.4, 0.5) is 0 Å². The first-order chi connectivity index (χ1) is 12.8. The van der Waals surface area contributed by atoms with Gasteiger partial charge in [0.1, 0.15) is 22.3 Å². The lowest BCUT2D eigenvalue weighted by Crippen LogP contribution is -2.46. The second kappa shape index (κ2) is 8.76. The van der Waals surface area contributed by atoms with Gasteiger partial charge in [0.15, 0.2) is 0 Å². The van der Waals surface area contributed by atoms with Gasteiger partial charge in [-0.1, -0.05) is 0 Å². The van der Waals surface area contributed by atoms with Crippen molar-refractivity contribution in [3.63, 3.8) is 0 Å². The van der Waals surface area contributed by atoms with Gasteiger partial charge in [-0.3, -0.25) is 19.0 Å². The number of nitrogens with one attached hydrogen (secondary N) is 2. The van der Waals surface area contributed by atoms with Gasteiger partial charge < -0.3 is 15.4 Å². The van der Waals surface area contributed by atoms with Crippen LogP contribution in [-0.2, 0) is 20.9 Å². The van der Waals surface area contributed by atoms with Gasteiger partial charge in [-0.05, 0) is 33.3 Å². The Bertz CT molecular complexity index is 933. The Hall–Kier alpha value is -2.75. The Morgan fingerprint density at radius 3 is 2.67 bits per heavy atom. The number of nitrogens with zero attached hydrogens (tertiary/aromatic N) is 2. The molecule has 0 aliphatic heterocycles. The van der Waals surface area contributed by atoms with E-state index in [0.29, 0.717) is 21.8 Å². The number of aromatic nitrogens is 2. The Kier molecular flexibility index (Phi) is 6.67. The molecule has 27 heavy (non-hydrogen) atoms. The molecule has 0 aliphatic rings. The van der Waals surface area contributed by atoms with Gasteiger partial charge in [-0.2, -0.15) is 0 Å². The summed E-state index contributed by atoms with van der Waals surface area (Å²) in [5.41, 5.74) is 0.0570. The standard InChI is InChI=1S/C17H22N4O5S/c1-5-18-14(23)10(4)20-11(22)7-21-8-19-15-12(16(21)24)9(3)13(27-15)17(25)26-6-2/h8,10H,5-7H2,1-4H3,(H,18,23)(H,20,22)/t10-/m1/s1. The maximum absolute atomic E-state index is 12.7. The number of carbonyl (C=O) groups excluding carboxylic acids is 3. The van der Waals surface area contributed by atoms with Crippen LogP contribution in [0.2, 0.25) is 0 Å². The molecule has 2 aromatic rings. The summed E-state index contributed by atoms with van der Waals surface area (Å²) in [7, 11) is 0. The van der Waals surface area contributed by atoms with Gasteiger partial charge in [-0.25, -0.2) is 9.78 Å². The van der Waals surface area contributed by atoms with Crippen LogP contribution in [0.25, 0.3) is 10.2 Å². The smallest absolute Gasteiger partial charge is 0.348 e. The van der Waals surface area contributed by atoms with Crippen molar-refractivity contribution in [1.29, 1.82) is 0 Å². The molecule has 146 valence electrons. The second-order valence-electron chi connectivity index (χ2n) is 5.82. The zero-order valence-electron chi connectivity index (χ0n) is 15.6. The summed E-state index contributed by atoms with van der Waals surface area (Å²) >= 11 is 1.08. The number of carbonyl (C=O) groups is 3. The topological polar surface area (TPSA) is 119 Å². The minimum atomic E-state index is -0.719. The van der Waals surface area contributed by atoms with Gasteiger partial charge in [0.25, 0.3) is 5.56 Å². The number of likely N-dealkylation sites (N-methyl/N-ethyl adjacent to an activating group) is 1. The molecule has 0 fully saturated rings. The average molecular weight is 394 g/mol. The lowest BCUT2D eigenvalue weighted by molar-refractivity contribution is -0.128. The maximum Gasteiger partial charge on any atom is 0.348 e. The van der Waals surface area contributed by atoms with Crippen molar-refractivity contribution in [3.05, 3.63) is 27.1 Å². The highest BCUT2D eigenvalue weighted by molar-refractivity contribution is 7.20. The lowest BCUT2D eigenvalue weighted by Gasteiger charge is -2.13. The predicted octanol–water partition coefficient (Wildman–Crippen LogP) is 0.584. The molecule has 9 nitrogen and oxygen atoms in total. The van der Waals surface area contributed by atoms with Crippen LogP contribution in [-0.4, -0.2) is 46.5 Å². The van der Waals surface area contributed by atoms with E-state index in [1.807, 2.05) is 0 Å². The summed E-state index contributed by atoms with van der Waals surface area (Å²) in [6, 6.07) is -0.719. The van der Waals surface area contributed by atoms with Gasteiger partial charge in [0.05, 0.1) is 18.3 Å². The minimum absolute atomic E-state index is 0.230.